The monoisotopic (exact) mass is 860 g/mol. The second kappa shape index (κ2) is 19.8. The Morgan fingerprint density at radius 2 is 1.17 bits per heavy atom. The second-order valence-electron chi connectivity index (χ2n) is 15.4. The van der Waals surface area contributed by atoms with Gasteiger partial charge in [-0.1, -0.05) is 35.3 Å². The maximum absolute atomic E-state index is 13.6. The zero-order valence-electron chi connectivity index (χ0n) is 33.4. The third-order valence-corrected chi connectivity index (χ3v) is 11.9. The molecule has 2 aliphatic carbocycles. The van der Waals surface area contributed by atoms with Gasteiger partial charge in [-0.05, 0) is 86.8 Å². The number of halogens is 2. The van der Waals surface area contributed by atoms with Crippen molar-refractivity contribution in [2.45, 2.75) is 88.7 Å². The number of carbonyl (C=O) groups excluding carboxylic acids is 3. The van der Waals surface area contributed by atoms with E-state index in [0.717, 1.165) is 11.1 Å². The van der Waals surface area contributed by atoms with Gasteiger partial charge >= 0.3 is 0 Å². The molecule has 2 saturated carbocycles. The normalized spacial score (nSPS) is 20.6. The van der Waals surface area contributed by atoms with Gasteiger partial charge in [-0.25, -0.2) is 9.97 Å². The molecule has 3 fully saturated rings. The van der Waals surface area contributed by atoms with E-state index in [9.17, 15) is 24.6 Å². The third-order valence-electron chi connectivity index (χ3n) is 11.3. The van der Waals surface area contributed by atoms with Crippen LogP contribution in [0.25, 0.3) is 0 Å². The maximum atomic E-state index is 13.6. The van der Waals surface area contributed by atoms with Crippen LogP contribution in [-0.4, -0.2) is 106 Å². The Labute approximate surface area is 358 Å². The van der Waals surface area contributed by atoms with E-state index in [1.54, 1.807) is 43.6 Å². The van der Waals surface area contributed by atoms with E-state index in [-0.39, 0.29) is 48.2 Å². The number of hydrogen-bond donors (Lipinski definition) is 6. The van der Waals surface area contributed by atoms with Gasteiger partial charge in [0.25, 0.3) is 11.8 Å². The number of anilines is 4. The first-order chi connectivity index (χ1) is 29.1. The van der Waals surface area contributed by atoms with Crippen molar-refractivity contribution in [2.75, 3.05) is 53.7 Å². The van der Waals surface area contributed by atoms with E-state index < -0.39 is 0 Å². The van der Waals surface area contributed by atoms with Crippen molar-refractivity contribution in [3.8, 4) is 5.75 Å². The molecule has 4 aromatic rings. The predicted octanol–water partition coefficient (Wildman–Crippen LogP) is 5.01. The topological polar surface area (TPSA) is 207 Å². The van der Waals surface area contributed by atoms with Gasteiger partial charge in [0.1, 0.15) is 28.5 Å². The van der Waals surface area contributed by atoms with Gasteiger partial charge < -0.3 is 46.0 Å². The summed E-state index contributed by atoms with van der Waals surface area (Å²) in [4.78, 5) is 61.5. The molecule has 60 heavy (non-hydrogen) atoms. The van der Waals surface area contributed by atoms with Gasteiger partial charge in [0.2, 0.25) is 11.9 Å². The Bertz CT molecular complexity index is 2160. The Balaban J connectivity index is 1.06. The first-order valence-corrected chi connectivity index (χ1v) is 21.1. The molecule has 0 bridgehead atoms. The van der Waals surface area contributed by atoms with Gasteiger partial charge in [0, 0.05) is 69.3 Å². The average Bonchev–Trinajstić information content (AvgIpc) is 3.26. The number of piperazine rings is 1. The van der Waals surface area contributed by atoms with E-state index in [2.05, 4.69) is 31.2 Å². The number of aromatic nitrogens is 4. The van der Waals surface area contributed by atoms with Crippen LogP contribution in [0, 0.1) is 0 Å². The van der Waals surface area contributed by atoms with E-state index in [0.29, 0.717) is 141 Å². The van der Waals surface area contributed by atoms with E-state index >= 15 is 0 Å². The van der Waals surface area contributed by atoms with Crippen molar-refractivity contribution in [3.63, 3.8) is 0 Å². The van der Waals surface area contributed by atoms with Gasteiger partial charge in [0.15, 0.2) is 6.29 Å². The van der Waals surface area contributed by atoms with Crippen LogP contribution in [-0.2, 0) is 13.1 Å². The Hall–Kier alpha value is -5.29. The minimum absolute atomic E-state index is 0.0522. The van der Waals surface area contributed by atoms with Gasteiger partial charge in [-0.15, -0.1) is 0 Å². The number of nitrogens with one attached hydrogen (secondary N) is 4. The lowest BCUT2D eigenvalue weighted by Gasteiger charge is -2.35. The van der Waals surface area contributed by atoms with Gasteiger partial charge in [-0.3, -0.25) is 14.4 Å². The van der Waals surface area contributed by atoms with Crippen LogP contribution in [0.15, 0.2) is 48.8 Å². The fourth-order valence-corrected chi connectivity index (χ4v) is 8.22. The summed E-state index contributed by atoms with van der Waals surface area (Å²) in [6, 6.07) is 10.5. The van der Waals surface area contributed by atoms with Crippen LogP contribution in [0.5, 0.6) is 5.75 Å². The standard InChI is InChI=1S/C42H50Cl2N10O6/c1-60-36-13-3-26(19-35(36)44)21-46-38-33(40(59)50-29-7-11-31(57)12-8-29)23-48-42(52-38)54-16-14-53(15-17-54)41-47-22-32(39(58)49-28-5-9-30(56)10-6-28)37(51-41)45-20-25-2-4-27(24-55)34(43)18-25/h2-4,13,18-19,22-24,28-31,56-57H,5-12,14-17,20-21H2,1H3,(H,49,58)(H,50,59)(H,45,47,51)(H,46,48,52). The van der Waals surface area contributed by atoms with Crippen molar-refractivity contribution in [2.24, 2.45) is 0 Å². The van der Waals surface area contributed by atoms with Crippen molar-refractivity contribution < 1.29 is 29.3 Å². The van der Waals surface area contributed by atoms with Crippen LogP contribution < -0.4 is 35.8 Å². The molecule has 0 unspecified atom stereocenters. The van der Waals surface area contributed by atoms with Crippen LogP contribution in [0.2, 0.25) is 10.0 Å². The molecule has 3 heterocycles. The number of ether oxygens (including phenoxy) is 1. The molecule has 2 aromatic carbocycles. The zero-order valence-corrected chi connectivity index (χ0v) is 34.9. The van der Waals surface area contributed by atoms with Crippen LogP contribution in [0.4, 0.5) is 23.5 Å². The lowest BCUT2D eigenvalue weighted by atomic mass is 9.93. The fourth-order valence-electron chi connectivity index (χ4n) is 7.69. The highest BCUT2D eigenvalue weighted by Gasteiger charge is 2.28. The summed E-state index contributed by atoms with van der Waals surface area (Å²) in [7, 11) is 1.56. The molecular weight excluding hydrogens is 811 g/mol. The molecule has 1 saturated heterocycles. The summed E-state index contributed by atoms with van der Waals surface area (Å²) in [6.45, 7) is 2.71. The van der Waals surface area contributed by atoms with E-state index in [1.165, 1.54) is 6.20 Å². The Kier molecular flexibility index (Phi) is 14.2. The lowest BCUT2D eigenvalue weighted by Crippen LogP contribution is -2.48. The highest BCUT2D eigenvalue weighted by molar-refractivity contribution is 6.33. The summed E-state index contributed by atoms with van der Waals surface area (Å²) in [5.74, 6) is 1.57. The number of methoxy groups -OCH3 is 1. The molecule has 2 amide bonds. The smallest absolute Gasteiger partial charge is 0.256 e. The van der Waals surface area contributed by atoms with Gasteiger partial charge in [-0.2, -0.15) is 9.97 Å². The molecule has 6 N–H and O–H groups in total. The third kappa shape index (κ3) is 10.7. The SMILES string of the molecule is COc1ccc(CNc2nc(N3CCN(c4ncc(C(=O)NC5CCC(O)CC5)c(NCc5ccc(C=O)c(Cl)c5)n4)CC3)ncc2C(=O)NC2CCC(O)CC2)cc1Cl. The number of aldehydes is 1. The number of nitrogens with zero attached hydrogens (tertiary/aromatic N) is 6. The minimum atomic E-state index is -0.347. The van der Waals surface area contributed by atoms with Crippen molar-refractivity contribution in [1.82, 2.24) is 30.6 Å². The Morgan fingerprint density at radius 1 is 0.717 bits per heavy atom. The molecular formula is C42H50Cl2N10O6. The van der Waals surface area contributed by atoms with E-state index in [1.807, 2.05) is 15.9 Å². The number of rotatable bonds is 14. The fraction of sp³-hybridized carbons (Fsp3) is 0.452. The van der Waals surface area contributed by atoms with Crippen molar-refractivity contribution in [1.29, 1.82) is 0 Å². The van der Waals surface area contributed by atoms with Crippen LogP contribution >= 0.6 is 23.2 Å². The maximum Gasteiger partial charge on any atom is 0.256 e. The second-order valence-corrected chi connectivity index (χ2v) is 16.3. The first-order valence-electron chi connectivity index (χ1n) is 20.3. The van der Waals surface area contributed by atoms with Crippen LogP contribution in [0.1, 0.15) is 93.6 Å². The predicted molar refractivity (Wildman–Crippen MR) is 229 cm³/mol. The quantitative estimate of drug-likeness (QED) is 0.0923. The molecule has 0 atom stereocenters. The molecule has 7 rings (SSSR count). The summed E-state index contributed by atoms with van der Waals surface area (Å²) < 4.78 is 5.30. The number of benzene rings is 2. The molecule has 18 heteroatoms. The number of aliphatic hydroxyl groups is 2. The number of aliphatic hydroxyl groups excluding tert-OH is 2. The molecule has 0 spiro atoms. The Morgan fingerprint density at radius 3 is 1.58 bits per heavy atom. The highest BCUT2D eigenvalue weighted by atomic mass is 35.5. The molecule has 16 nitrogen and oxygen atoms in total. The van der Waals surface area contributed by atoms with Crippen molar-refractivity contribution >= 4 is 64.8 Å². The van der Waals surface area contributed by atoms with Gasteiger partial charge in [0.05, 0.1) is 29.4 Å². The summed E-state index contributed by atoms with van der Waals surface area (Å²) in [6.07, 6.45) is 8.37. The summed E-state index contributed by atoms with van der Waals surface area (Å²) in [5, 5.41) is 33.5. The molecule has 0 radical (unpaired) electrons. The molecule has 3 aliphatic rings. The highest BCUT2D eigenvalue weighted by Crippen LogP contribution is 2.28. The summed E-state index contributed by atoms with van der Waals surface area (Å²) in [5.41, 5.74) is 2.65. The van der Waals surface area contributed by atoms with Crippen molar-refractivity contribution in [3.05, 3.63) is 86.7 Å². The molecule has 2 aromatic heterocycles. The lowest BCUT2D eigenvalue weighted by molar-refractivity contribution is 0.0863. The summed E-state index contributed by atoms with van der Waals surface area (Å²) >= 11 is 12.7. The first kappa shape index (κ1) is 42.8. The molecule has 1 aliphatic heterocycles. The number of carbonyl (C=O) groups is 3. The largest absolute Gasteiger partial charge is 0.495 e. The van der Waals surface area contributed by atoms with Crippen LogP contribution in [0.3, 0.4) is 0 Å². The average molecular weight is 862 g/mol. The zero-order chi connectivity index (χ0) is 42.2. The minimum Gasteiger partial charge on any atom is -0.495 e. The number of amides is 2. The van der Waals surface area contributed by atoms with E-state index in [4.69, 9.17) is 37.9 Å². The molecule has 318 valence electrons. The number of hydrogen-bond acceptors (Lipinski definition) is 14.